The smallest absolute Gasteiger partial charge is 0.0127 e. The van der Waals surface area contributed by atoms with Gasteiger partial charge in [-0.15, -0.1) is 0 Å². The predicted molar refractivity (Wildman–Crippen MR) is 62.4 cm³/mol. The fraction of sp³-hybridized carbons (Fsp3) is 1.00. The molecular formula is C11H23NS. The summed E-state index contributed by atoms with van der Waals surface area (Å²) in [5, 5.41) is 4.24. The van der Waals surface area contributed by atoms with Gasteiger partial charge in [-0.2, -0.15) is 11.8 Å². The summed E-state index contributed by atoms with van der Waals surface area (Å²) in [6.45, 7) is 4.66. The van der Waals surface area contributed by atoms with Gasteiger partial charge in [0.25, 0.3) is 0 Å². The number of thioether (sulfide) groups is 1. The maximum atomic E-state index is 3.29. The molecule has 0 aliphatic heterocycles. The Morgan fingerprint density at radius 1 is 1.46 bits per heavy atom. The van der Waals surface area contributed by atoms with Crippen molar-refractivity contribution in [3.63, 3.8) is 0 Å². The van der Waals surface area contributed by atoms with E-state index in [1.54, 1.807) is 0 Å². The van der Waals surface area contributed by atoms with E-state index in [1.165, 1.54) is 31.4 Å². The molecule has 0 aromatic rings. The summed E-state index contributed by atoms with van der Waals surface area (Å²) in [7, 11) is 2.05. The van der Waals surface area contributed by atoms with Crippen molar-refractivity contribution >= 4 is 11.8 Å². The third-order valence-electron chi connectivity index (χ3n) is 2.96. The fourth-order valence-electron chi connectivity index (χ4n) is 1.89. The van der Waals surface area contributed by atoms with Gasteiger partial charge in [0.2, 0.25) is 0 Å². The third kappa shape index (κ3) is 4.37. The lowest BCUT2D eigenvalue weighted by Crippen LogP contribution is -2.26. The monoisotopic (exact) mass is 201 g/mol. The molecule has 1 nitrogen and oxygen atoms in total. The molecule has 3 atom stereocenters. The van der Waals surface area contributed by atoms with Crippen molar-refractivity contribution in [2.45, 2.75) is 50.8 Å². The Kier molecular flexibility index (Phi) is 5.18. The van der Waals surface area contributed by atoms with Crippen LogP contribution in [0.4, 0.5) is 0 Å². The van der Waals surface area contributed by atoms with Crippen LogP contribution in [-0.2, 0) is 0 Å². The quantitative estimate of drug-likeness (QED) is 0.750. The zero-order valence-corrected chi connectivity index (χ0v) is 9.99. The zero-order chi connectivity index (χ0) is 9.68. The van der Waals surface area contributed by atoms with Crippen LogP contribution < -0.4 is 5.32 Å². The summed E-state index contributed by atoms with van der Waals surface area (Å²) in [4.78, 5) is 0. The van der Waals surface area contributed by atoms with Crippen LogP contribution in [0.15, 0.2) is 0 Å². The second-order valence-electron chi connectivity index (χ2n) is 4.42. The van der Waals surface area contributed by atoms with E-state index in [9.17, 15) is 0 Å². The maximum Gasteiger partial charge on any atom is 0.0127 e. The predicted octanol–water partition coefficient (Wildman–Crippen LogP) is 2.91. The largest absolute Gasteiger partial charge is 0.316 e. The van der Waals surface area contributed by atoms with Crippen molar-refractivity contribution in [2.75, 3.05) is 12.8 Å². The van der Waals surface area contributed by atoms with E-state index in [0.29, 0.717) is 6.04 Å². The van der Waals surface area contributed by atoms with Crippen LogP contribution in [0, 0.1) is 5.92 Å². The van der Waals surface area contributed by atoms with Crippen molar-refractivity contribution in [3.8, 4) is 0 Å². The molecular weight excluding hydrogens is 178 g/mol. The summed E-state index contributed by atoms with van der Waals surface area (Å²) in [5.74, 6) is 2.24. The molecule has 1 saturated carbocycles. The SMILES string of the molecule is CNC(C)CSC1CCCC(C)C1. The summed E-state index contributed by atoms with van der Waals surface area (Å²) in [6, 6.07) is 0.669. The molecule has 78 valence electrons. The molecule has 3 unspecified atom stereocenters. The van der Waals surface area contributed by atoms with E-state index in [1.807, 2.05) is 0 Å². The number of rotatable bonds is 4. The molecule has 1 fully saturated rings. The molecule has 0 aromatic heterocycles. The third-order valence-corrected chi connectivity index (χ3v) is 4.56. The van der Waals surface area contributed by atoms with Gasteiger partial charge in [-0.1, -0.05) is 19.8 Å². The highest BCUT2D eigenvalue weighted by Gasteiger charge is 2.19. The first-order valence-electron chi connectivity index (χ1n) is 5.51. The van der Waals surface area contributed by atoms with Gasteiger partial charge in [-0.25, -0.2) is 0 Å². The van der Waals surface area contributed by atoms with E-state index in [-0.39, 0.29) is 0 Å². The lowest BCUT2D eigenvalue weighted by atomic mass is 9.91. The Balaban J connectivity index is 2.13. The molecule has 0 spiro atoms. The second kappa shape index (κ2) is 5.92. The first-order valence-corrected chi connectivity index (χ1v) is 6.56. The highest BCUT2D eigenvalue weighted by molar-refractivity contribution is 7.99. The van der Waals surface area contributed by atoms with E-state index in [0.717, 1.165) is 11.2 Å². The lowest BCUT2D eigenvalue weighted by Gasteiger charge is -2.27. The van der Waals surface area contributed by atoms with Crippen LogP contribution in [0.2, 0.25) is 0 Å². The van der Waals surface area contributed by atoms with Crippen LogP contribution in [-0.4, -0.2) is 24.1 Å². The minimum absolute atomic E-state index is 0.669. The van der Waals surface area contributed by atoms with Crippen LogP contribution in [0.3, 0.4) is 0 Å². The number of hydrogen-bond donors (Lipinski definition) is 1. The molecule has 0 aromatic carbocycles. The topological polar surface area (TPSA) is 12.0 Å². The van der Waals surface area contributed by atoms with Gasteiger partial charge in [0.05, 0.1) is 0 Å². The average Bonchev–Trinajstić information content (AvgIpc) is 2.14. The maximum absolute atomic E-state index is 3.29. The Bertz CT molecular complexity index is 138. The second-order valence-corrected chi connectivity index (χ2v) is 5.75. The van der Waals surface area contributed by atoms with E-state index < -0.39 is 0 Å². The molecule has 1 aliphatic carbocycles. The molecule has 0 bridgehead atoms. The van der Waals surface area contributed by atoms with Crippen molar-refractivity contribution in [2.24, 2.45) is 5.92 Å². The van der Waals surface area contributed by atoms with Gasteiger partial charge in [0, 0.05) is 17.0 Å². The van der Waals surface area contributed by atoms with E-state index >= 15 is 0 Å². The molecule has 13 heavy (non-hydrogen) atoms. The van der Waals surface area contributed by atoms with Crippen LogP contribution >= 0.6 is 11.8 Å². The lowest BCUT2D eigenvalue weighted by molar-refractivity contribution is 0.394. The Labute approximate surface area is 87.1 Å². The molecule has 1 aliphatic rings. The van der Waals surface area contributed by atoms with Crippen molar-refractivity contribution in [1.29, 1.82) is 0 Å². The van der Waals surface area contributed by atoms with Crippen LogP contribution in [0.5, 0.6) is 0 Å². The average molecular weight is 201 g/mol. The first-order chi connectivity index (χ1) is 6.22. The van der Waals surface area contributed by atoms with E-state index in [2.05, 4.69) is 38.0 Å². The summed E-state index contributed by atoms with van der Waals surface area (Å²) in [6.07, 6.45) is 5.80. The van der Waals surface area contributed by atoms with Gasteiger partial charge in [-0.05, 0) is 32.7 Å². The Morgan fingerprint density at radius 2 is 2.23 bits per heavy atom. The fourth-order valence-corrected chi connectivity index (χ4v) is 3.42. The molecule has 0 heterocycles. The summed E-state index contributed by atoms with van der Waals surface area (Å²) >= 11 is 2.17. The molecule has 0 amide bonds. The van der Waals surface area contributed by atoms with Crippen molar-refractivity contribution < 1.29 is 0 Å². The summed E-state index contributed by atoms with van der Waals surface area (Å²) < 4.78 is 0. The summed E-state index contributed by atoms with van der Waals surface area (Å²) in [5.41, 5.74) is 0. The molecule has 0 saturated heterocycles. The molecule has 2 heteroatoms. The number of nitrogens with one attached hydrogen (secondary N) is 1. The van der Waals surface area contributed by atoms with Gasteiger partial charge in [0.15, 0.2) is 0 Å². The molecule has 1 N–H and O–H groups in total. The first kappa shape index (κ1) is 11.4. The minimum atomic E-state index is 0.669. The van der Waals surface area contributed by atoms with Gasteiger partial charge in [0.1, 0.15) is 0 Å². The minimum Gasteiger partial charge on any atom is -0.316 e. The van der Waals surface area contributed by atoms with Crippen molar-refractivity contribution in [1.82, 2.24) is 5.32 Å². The van der Waals surface area contributed by atoms with Crippen LogP contribution in [0.1, 0.15) is 39.5 Å². The van der Waals surface area contributed by atoms with Crippen molar-refractivity contribution in [3.05, 3.63) is 0 Å². The Morgan fingerprint density at radius 3 is 2.85 bits per heavy atom. The molecule has 0 radical (unpaired) electrons. The van der Waals surface area contributed by atoms with Gasteiger partial charge in [-0.3, -0.25) is 0 Å². The van der Waals surface area contributed by atoms with Gasteiger partial charge >= 0.3 is 0 Å². The number of hydrogen-bond acceptors (Lipinski definition) is 2. The molecule has 1 rings (SSSR count). The van der Waals surface area contributed by atoms with Gasteiger partial charge < -0.3 is 5.32 Å². The zero-order valence-electron chi connectivity index (χ0n) is 9.18. The highest BCUT2D eigenvalue weighted by Crippen LogP contribution is 2.31. The highest BCUT2D eigenvalue weighted by atomic mass is 32.2. The normalized spacial score (nSPS) is 31.6. The van der Waals surface area contributed by atoms with Crippen LogP contribution in [0.25, 0.3) is 0 Å². The van der Waals surface area contributed by atoms with E-state index in [4.69, 9.17) is 0 Å². The Hall–Kier alpha value is 0.310. The standard InChI is InChI=1S/C11H23NS/c1-9-5-4-6-11(7-9)13-8-10(2)12-3/h9-12H,4-8H2,1-3H3.